The van der Waals surface area contributed by atoms with Gasteiger partial charge in [-0.15, -0.1) is 10.2 Å². The Morgan fingerprint density at radius 1 is 1.00 bits per heavy atom. The quantitative estimate of drug-likeness (QED) is 0.793. The summed E-state index contributed by atoms with van der Waals surface area (Å²) in [4.78, 5) is 0. The molecule has 3 rings (SSSR count). The van der Waals surface area contributed by atoms with Gasteiger partial charge in [0.15, 0.2) is 5.82 Å². The molecular weight excluding hydrogens is 260 g/mol. The Labute approximate surface area is 115 Å². The van der Waals surface area contributed by atoms with Crippen LogP contribution in [0.4, 0.5) is 5.82 Å². The van der Waals surface area contributed by atoms with Crippen molar-refractivity contribution in [2.75, 3.05) is 5.32 Å². The van der Waals surface area contributed by atoms with Crippen LogP contribution < -0.4 is 5.32 Å². The topological polar surface area (TPSA) is 50.7 Å². The van der Waals surface area contributed by atoms with E-state index in [0.29, 0.717) is 17.4 Å². The Bertz CT molecular complexity index is 700. The minimum atomic E-state index is 0.641. The van der Waals surface area contributed by atoms with Gasteiger partial charge in [0, 0.05) is 17.0 Å². The Kier molecular flexibility index (Phi) is 3.25. The highest BCUT2D eigenvalue weighted by molar-refractivity contribution is 6.31. The Balaban J connectivity index is 1.89. The second kappa shape index (κ2) is 5.20. The molecule has 3 aromatic rings. The van der Waals surface area contributed by atoms with Gasteiger partial charge in [0.1, 0.15) is 0 Å². The lowest BCUT2D eigenvalue weighted by molar-refractivity contribution is 0.890. The van der Waals surface area contributed by atoms with E-state index in [1.165, 1.54) is 5.56 Å². The molecule has 5 heteroatoms. The maximum Gasteiger partial charge on any atom is 0.160 e. The van der Waals surface area contributed by atoms with Gasteiger partial charge in [0.25, 0.3) is 0 Å². The Hall–Kier alpha value is -2.20. The average molecular weight is 271 g/mol. The number of hydrogen-bond donors (Lipinski definition) is 1. The van der Waals surface area contributed by atoms with Gasteiger partial charge in [0.05, 0.1) is 5.52 Å². The fraction of sp³-hybridized carbons (Fsp3) is 0.0714. The first kappa shape index (κ1) is 11.9. The van der Waals surface area contributed by atoms with Crippen LogP contribution in [-0.2, 0) is 6.54 Å². The molecular formula is C14H11ClN4. The largest absolute Gasteiger partial charge is 0.364 e. The van der Waals surface area contributed by atoms with Crippen molar-refractivity contribution in [1.29, 1.82) is 0 Å². The molecule has 0 aliphatic carbocycles. The SMILES string of the molecule is Clc1ccc2c(NCc3ccccc3)nnnc2c1. The summed E-state index contributed by atoms with van der Waals surface area (Å²) in [5.41, 5.74) is 1.92. The number of fused-ring (bicyclic) bond motifs is 1. The zero-order valence-electron chi connectivity index (χ0n) is 10.0. The molecule has 1 N–H and O–H groups in total. The van der Waals surface area contributed by atoms with Gasteiger partial charge >= 0.3 is 0 Å². The van der Waals surface area contributed by atoms with Crippen molar-refractivity contribution in [3.05, 3.63) is 59.1 Å². The first-order chi connectivity index (χ1) is 9.33. The summed E-state index contributed by atoms with van der Waals surface area (Å²) in [6, 6.07) is 15.6. The number of benzene rings is 2. The lowest BCUT2D eigenvalue weighted by Crippen LogP contribution is -2.04. The van der Waals surface area contributed by atoms with E-state index < -0.39 is 0 Å². The van der Waals surface area contributed by atoms with Crippen molar-refractivity contribution in [3.8, 4) is 0 Å². The van der Waals surface area contributed by atoms with Crippen molar-refractivity contribution in [2.24, 2.45) is 0 Å². The van der Waals surface area contributed by atoms with Crippen LogP contribution in [0.15, 0.2) is 48.5 Å². The summed E-state index contributed by atoms with van der Waals surface area (Å²) in [6.45, 7) is 0.692. The Morgan fingerprint density at radius 2 is 1.84 bits per heavy atom. The van der Waals surface area contributed by atoms with E-state index in [0.717, 1.165) is 10.9 Å². The van der Waals surface area contributed by atoms with Crippen LogP contribution in [-0.4, -0.2) is 15.4 Å². The summed E-state index contributed by atoms with van der Waals surface area (Å²) in [5, 5.41) is 16.6. The second-order valence-corrected chi connectivity index (χ2v) is 4.58. The summed E-state index contributed by atoms with van der Waals surface area (Å²) < 4.78 is 0. The molecule has 19 heavy (non-hydrogen) atoms. The van der Waals surface area contributed by atoms with Crippen molar-refractivity contribution in [2.45, 2.75) is 6.54 Å². The van der Waals surface area contributed by atoms with Gasteiger partial charge in [0.2, 0.25) is 0 Å². The number of hydrogen-bond acceptors (Lipinski definition) is 4. The fourth-order valence-electron chi connectivity index (χ4n) is 1.87. The molecule has 2 aromatic carbocycles. The zero-order chi connectivity index (χ0) is 13.1. The number of aromatic nitrogens is 3. The van der Waals surface area contributed by atoms with Crippen LogP contribution in [0.2, 0.25) is 5.02 Å². The summed E-state index contributed by atoms with van der Waals surface area (Å²) in [7, 11) is 0. The van der Waals surface area contributed by atoms with Crippen molar-refractivity contribution in [1.82, 2.24) is 15.4 Å². The molecule has 0 aliphatic heterocycles. The van der Waals surface area contributed by atoms with E-state index >= 15 is 0 Å². The molecule has 0 saturated heterocycles. The highest BCUT2D eigenvalue weighted by Crippen LogP contribution is 2.22. The molecule has 1 heterocycles. The van der Waals surface area contributed by atoms with Crippen LogP contribution in [0.1, 0.15) is 5.56 Å². The molecule has 0 unspecified atom stereocenters. The number of anilines is 1. The minimum absolute atomic E-state index is 0.641. The van der Waals surface area contributed by atoms with E-state index in [1.54, 1.807) is 6.07 Å². The molecule has 0 spiro atoms. The van der Waals surface area contributed by atoms with Crippen LogP contribution in [0.3, 0.4) is 0 Å². The zero-order valence-corrected chi connectivity index (χ0v) is 10.8. The standard InChI is InChI=1S/C14H11ClN4/c15-11-6-7-12-13(8-11)17-19-18-14(12)16-9-10-4-2-1-3-5-10/h1-8H,9H2,(H,16,17,18). The number of halogens is 1. The monoisotopic (exact) mass is 270 g/mol. The number of rotatable bonds is 3. The third kappa shape index (κ3) is 2.63. The summed E-state index contributed by atoms with van der Waals surface area (Å²) in [6.07, 6.45) is 0. The van der Waals surface area contributed by atoms with Gasteiger partial charge < -0.3 is 5.32 Å². The van der Waals surface area contributed by atoms with Gasteiger partial charge in [-0.1, -0.05) is 41.9 Å². The smallest absolute Gasteiger partial charge is 0.160 e. The van der Waals surface area contributed by atoms with Crippen LogP contribution in [0, 0.1) is 0 Å². The van der Waals surface area contributed by atoms with Crippen molar-refractivity contribution < 1.29 is 0 Å². The third-order valence-electron chi connectivity index (χ3n) is 2.81. The molecule has 0 atom stereocenters. The van der Waals surface area contributed by atoms with E-state index in [1.807, 2.05) is 30.3 Å². The lowest BCUT2D eigenvalue weighted by atomic mass is 10.2. The van der Waals surface area contributed by atoms with Crippen LogP contribution in [0.25, 0.3) is 10.9 Å². The van der Waals surface area contributed by atoms with Gasteiger partial charge in [-0.2, -0.15) is 0 Å². The highest BCUT2D eigenvalue weighted by Gasteiger charge is 2.04. The lowest BCUT2D eigenvalue weighted by Gasteiger charge is -2.07. The van der Waals surface area contributed by atoms with E-state index in [2.05, 4.69) is 32.9 Å². The molecule has 1 aromatic heterocycles. The van der Waals surface area contributed by atoms with Crippen molar-refractivity contribution in [3.63, 3.8) is 0 Å². The third-order valence-corrected chi connectivity index (χ3v) is 3.05. The number of nitrogens with zero attached hydrogens (tertiary/aromatic N) is 3. The predicted octanol–water partition coefficient (Wildman–Crippen LogP) is 3.29. The highest BCUT2D eigenvalue weighted by atomic mass is 35.5. The minimum Gasteiger partial charge on any atom is -0.364 e. The van der Waals surface area contributed by atoms with Gasteiger partial charge in [-0.25, -0.2) is 0 Å². The maximum atomic E-state index is 5.94. The predicted molar refractivity (Wildman–Crippen MR) is 76.1 cm³/mol. The summed E-state index contributed by atoms with van der Waals surface area (Å²) >= 11 is 5.94. The number of nitrogens with one attached hydrogen (secondary N) is 1. The molecule has 94 valence electrons. The Morgan fingerprint density at radius 3 is 2.68 bits per heavy atom. The second-order valence-electron chi connectivity index (χ2n) is 4.14. The normalized spacial score (nSPS) is 10.6. The first-order valence-electron chi connectivity index (χ1n) is 5.89. The van der Waals surface area contributed by atoms with Crippen LogP contribution in [0.5, 0.6) is 0 Å². The van der Waals surface area contributed by atoms with Crippen LogP contribution >= 0.6 is 11.6 Å². The van der Waals surface area contributed by atoms with E-state index in [4.69, 9.17) is 11.6 Å². The summed E-state index contributed by atoms with van der Waals surface area (Å²) in [5.74, 6) is 0.713. The molecule has 0 radical (unpaired) electrons. The molecule has 4 nitrogen and oxygen atoms in total. The average Bonchev–Trinajstić information content (AvgIpc) is 2.45. The maximum absolute atomic E-state index is 5.94. The van der Waals surface area contributed by atoms with Gasteiger partial charge in [-0.3, -0.25) is 0 Å². The van der Waals surface area contributed by atoms with Crippen molar-refractivity contribution >= 4 is 28.3 Å². The fourth-order valence-corrected chi connectivity index (χ4v) is 2.04. The molecule has 0 saturated carbocycles. The van der Waals surface area contributed by atoms with E-state index in [9.17, 15) is 0 Å². The van der Waals surface area contributed by atoms with Gasteiger partial charge in [-0.05, 0) is 29.0 Å². The van der Waals surface area contributed by atoms with E-state index in [-0.39, 0.29) is 0 Å². The molecule has 0 aliphatic rings. The molecule has 0 bridgehead atoms. The molecule has 0 amide bonds. The first-order valence-corrected chi connectivity index (χ1v) is 6.27. The molecule has 0 fully saturated rings.